The number of carbonyl (C=O) groups is 2. The van der Waals surface area contributed by atoms with Crippen molar-refractivity contribution in [3.05, 3.63) is 70.5 Å². The first-order chi connectivity index (χ1) is 16.2. The molecule has 0 bridgehead atoms. The van der Waals surface area contributed by atoms with Crippen LogP contribution in [0.5, 0.6) is 0 Å². The van der Waals surface area contributed by atoms with Crippen LogP contribution in [0.2, 0.25) is 5.02 Å². The summed E-state index contributed by atoms with van der Waals surface area (Å²) in [5.74, 6) is 0.780. The monoisotopic (exact) mass is 499 g/mol. The lowest BCUT2D eigenvalue weighted by Gasteiger charge is -2.22. The van der Waals surface area contributed by atoms with Crippen molar-refractivity contribution in [1.29, 1.82) is 0 Å². The summed E-state index contributed by atoms with van der Waals surface area (Å²) in [4.78, 5) is 25.4. The van der Waals surface area contributed by atoms with Crippen LogP contribution in [0.4, 0.5) is 5.69 Å². The van der Waals surface area contributed by atoms with Gasteiger partial charge in [0.25, 0.3) is 5.91 Å². The molecule has 0 aliphatic heterocycles. The number of amides is 2. The predicted octanol–water partition coefficient (Wildman–Crippen LogP) is 5.45. The van der Waals surface area contributed by atoms with Crippen LogP contribution in [-0.2, 0) is 11.8 Å². The van der Waals surface area contributed by atoms with E-state index in [1.165, 1.54) is 11.8 Å². The number of nitrogens with zero attached hydrogens (tertiary/aromatic N) is 3. The Morgan fingerprint density at radius 3 is 2.38 bits per heavy atom. The molecule has 0 spiro atoms. The van der Waals surface area contributed by atoms with Crippen LogP contribution in [0.25, 0.3) is 0 Å². The number of halogens is 1. The number of hydrogen-bond acceptors (Lipinski definition) is 5. The summed E-state index contributed by atoms with van der Waals surface area (Å²) in [6.07, 6.45) is 0. The van der Waals surface area contributed by atoms with Gasteiger partial charge in [-0.3, -0.25) is 9.59 Å². The molecule has 1 aromatic heterocycles. The van der Waals surface area contributed by atoms with Crippen molar-refractivity contribution < 1.29 is 9.59 Å². The molecule has 0 saturated heterocycles. The molecule has 180 valence electrons. The van der Waals surface area contributed by atoms with Gasteiger partial charge < -0.3 is 15.2 Å². The van der Waals surface area contributed by atoms with Crippen LogP contribution in [0.15, 0.2) is 53.7 Å². The van der Waals surface area contributed by atoms with Crippen LogP contribution >= 0.6 is 23.4 Å². The summed E-state index contributed by atoms with van der Waals surface area (Å²) in [5.41, 5.74) is 2.32. The van der Waals surface area contributed by atoms with Gasteiger partial charge in [0, 0.05) is 12.7 Å². The third-order valence-electron chi connectivity index (χ3n) is 5.41. The van der Waals surface area contributed by atoms with E-state index in [-0.39, 0.29) is 29.5 Å². The van der Waals surface area contributed by atoms with Gasteiger partial charge in [-0.2, -0.15) is 0 Å². The van der Waals surface area contributed by atoms with Gasteiger partial charge in [0.05, 0.1) is 22.4 Å². The maximum Gasteiger partial charge on any atom is 0.253 e. The Morgan fingerprint density at radius 1 is 1.03 bits per heavy atom. The molecule has 0 unspecified atom stereocenters. The summed E-state index contributed by atoms with van der Waals surface area (Å²) in [7, 11) is 1.83. The number of hydrogen-bond donors (Lipinski definition) is 2. The number of anilines is 1. The minimum atomic E-state index is -0.373. The zero-order chi connectivity index (χ0) is 24.8. The highest BCUT2D eigenvalue weighted by Crippen LogP contribution is 2.27. The maximum absolute atomic E-state index is 12.8. The van der Waals surface area contributed by atoms with E-state index in [9.17, 15) is 9.59 Å². The Kier molecular flexibility index (Phi) is 8.74. The van der Waals surface area contributed by atoms with Crippen molar-refractivity contribution in [2.75, 3.05) is 11.1 Å². The molecule has 2 aromatic carbocycles. The smallest absolute Gasteiger partial charge is 0.253 e. The van der Waals surface area contributed by atoms with E-state index in [1.807, 2.05) is 49.7 Å². The van der Waals surface area contributed by atoms with Gasteiger partial charge in [0.15, 0.2) is 11.0 Å². The second-order valence-electron chi connectivity index (χ2n) is 8.65. The summed E-state index contributed by atoms with van der Waals surface area (Å²) >= 11 is 7.48. The van der Waals surface area contributed by atoms with Gasteiger partial charge >= 0.3 is 0 Å². The van der Waals surface area contributed by atoms with Crippen molar-refractivity contribution in [3.63, 3.8) is 0 Å². The fraction of sp³-hybridized carbons (Fsp3) is 0.360. The molecule has 0 aliphatic carbocycles. The first-order valence-electron chi connectivity index (χ1n) is 11.1. The lowest BCUT2D eigenvalue weighted by molar-refractivity contribution is -0.113. The molecule has 34 heavy (non-hydrogen) atoms. The quantitative estimate of drug-likeness (QED) is 0.382. The van der Waals surface area contributed by atoms with Crippen LogP contribution in [0, 0.1) is 5.92 Å². The molecule has 3 rings (SSSR count). The van der Waals surface area contributed by atoms with E-state index >= 15 is 0 Å². The van der Waals surface area contributed by atoms with E-state index in [1.54, 1.807) is 24.3 Å². The number of thioether (sulfide) groups is 1. The Balaban J connectivity index is 1.68. The number of benzene rings is 2. The summed E-state index contributed by atoms with van der Waals surface area (Å²) in [6.45, 7) is 8.18. The van der Waals surface area contributed by atoms with E-state index in [0.717, 1.165) is 11.3 Å². The molecule has 0 saturated carbocycles. The van der Waals surface area contributed by atoms with Gasteiger partial charge in [0.2, 0.25) is 5.91 Å². The molecule has 1 atom stereocenters. The predicted molar refractivity (Wildman–Crippen MR) is 137 cm³/mol. The van der Waals surface area contributed by atoms with E-state index in [2.05, 4.69) is 34.7 Å². The third-order valence-corrected chi connectivity index (χ3v) is 6.76. The van der Waals surface area contributed by atoms with Gasteiger partial charge in [0.1, 0.15) is 0 Å². The molecule has 1 heterocycles. The van der Waals surface area contributed by atoms with E-state index in [4.69, 9.17) is 11.6 Å². The molecule has 7 nitrogen and oxygen atoms in total. The molecule has 2 amide bonds. The second-order valence-corrected chi connectivity index (χ2v) is 10.0. The van der Waals surface area contributed by atoms with Crippen molar-refractivity contribution in [2.24, 2.45) is 13.0 Å². The highest BCUT2D eigenvalue weighted by atomic mass is 35.5. The summed E-state index contributed by atoms with van der Waals surface area (Å²) in [6, 6.07) is 14.4. The fourth-order valence-corrected chi connectivity index (χ4v) is 4.49. The highest BCUT2D eigenvalue weighted by molar-refractivity contribution is 7.99. The molecule has 0 fully saturated rings. The standard InChI is InChI=1S/C25H30ClN5O2S/c1-15(2)17-10-7-9-13-20(17)27-21(32)14-34-25-30-29-23(31(25)5)22(16(3)4)28-24(33)18-11-6-8-12-19(18)26/h6-13,15-16,22H,14H2,1-5H3,(H,27,32)(H,28,33)/t22-/m0/s1. The zero-order valence-corrected chi connectivity index (χ0v) is 21.6. The first kappa shape index (κ1) is 25.8. The maximum atomic E-state index is 12.8. The van der Waals surface area contributed by atoms with Crippen molar-refractivity contribution >= 4 is 40.9 Å². The summed E-state index contributed by atoms with van der Waals surface area (Å²) in [5, 5.41) is 15.6. The van der Waals surface area contributed by atoms with Gasteiger partial charge in [-0.25, -0.2) is 0 Å². The number of para-hydroxylation sites is 1. The van der Waals surface area contributed by atoms with Crippen molar-refractivity contribution in [3.8, 4) is 0 Å². The van der Waals surface area contributed by atoms with Crippen LogP contribution in [-0.4, -0.2) is 32.3 Å². The van der Waals surface area contributed by atoms with Crippen LogP contribution < -0.4 is 10.6 Å². The largest absolute Gasteiger partial charge is 0.342 e. The van der Waals surface area contributed by atoms with Crippen LogP contribution in [0.3, 0.4) is 0 Å². The number of rotatable bonds is 9. The topological polar surface area (TPSA) is 88.9 Å². The molecule has 0 radical (unpaired) electrons. The summed E-state index contributed by atoms with van der Waals surface area (Å²) < 4.78 is 1.82. The molecular weight excluding hydrogens is 470 g/mol. The number of aromatic nitrogens is 3. The zero-order valence-electron chi connectivity index (χ0n) is 20.0. The Bertz CT molecular complexity index is 1160. The average molecular weight is 500 g/mol. The molecule has 3 aromatic rings. The lowest BCUT2D eigenvalue weighted by atomic mass is 10.0. The van der Waals surface area contributed by atoms with Crippen LogP contribution in [0.1, 0.15) is 61.4 Å². The van der Waals surface area contributed by atoms with E-state index in [0.29, 0.717) is 27.5 Å². The minimum absolute atomic E-state index is 0.0584. The minimum Gasteiger partial charge on any atom is -0.342 e. The van der Waals surface area contributed by atoms with E-state index < -0.39 is 0 Å². The highest BCUT2D eigenvalue weighted by Gasteiger charge is 2.26. The van der Waals surface area contributed by atoms with Crippen molar-refractivity contribution in [2.45, 2.75) is 44.8 Å². The molecule has 0 aliphatic rings. The Morgan fingerprint density at radius 2 is 1.71 bits per heavy atom. The molecule has 9 heteroatoms. The SMILES string of the molecule is CC(C)c1ccccc1NC(=O)CSc1nnc([C@@H](NC(=O)c2ccccc2Cl)C(C)C)n1C. The Labute approximate surface area is 209 Å². The third kappa shape index (κ3) is 6.18. The lowest BCUT2D eigenvalue weighted by Crippen LogP contribution is -2.33. The Hall–Kier alpha value is -2.84. The molecule has 2 N–H and O–H groups in total. The van der Waals surface area contributed by atoms with Gasteiger partial charge in [-0.1, -0.05) is 81.4 Å². The first-order valence-corrected chi connectivity index (χ1v) is 12.5. The molecular formula is C25H30ClN5O2S. The normalized spacial score (nSPS) is 12.1. The second kappa shape index (κ2) is 11.5. The van der Waals surface area contributed by atoms with Gasteiger partial charge in [-0.05, 0) is 35.6 Å². The fourth-order valence-electron chi connectivity index (χ4n) is 3.55. The number of nitrogens with one attached hydrogen (secondary N) is 2. The number of carbonyl (C=O) groups excluding carboxylic acids is 2. The van der Waals surface area contributed by atoms with Crippen molar-refractivity contribution in [1.82, 2.24) is 20.1 Å². The average Bonchev–Trinajstić information content (AvgIpc) is 3.16. The van der Waals surface area contributed by atoms with Gasteiger partial charge in [-0.15, -0.1) is 10.2 Å².